The van der Waals surface area contributed by atoms with Crippen LogP contribution in [0.5, 0.6) is 0 Å². The minimum Gasteiger partial charge on any atom is -0.399 e. The fourth-order valence-electron chi connectivity index (χ4n) is 1.29. The van der Waals surface area contributed by atoms with E-state index in [1.807, 2.05) is 4.72 Å². The number of hydrogen-bond acceptors (Lipinski definition) is 5. The predicted molar refractivity (Wildman–Crippen MR) is 68.7 cm³/mol. The molecular formula is C10H8ClFN4O2S. The molecule has 3 N–H and O–H groups in total. The van der Waals surface area contributed by atoms with Crippen molar-refractivity contribution in [1.82, 2.24) is 9.97 Å². The maximum Gasteiger partial charge on any atom is 0.267 e. The van der Waals surface area contributed by atoms with Gasteiger partial charge in [-0.25, -0.2) is 27.5 Å². The van der Waals surface area contributed by atoms with E-state index in [0.29, 0.717) is 0 Å². The third-order valence-electron chi connectivity index (χ3n) is 2.09. The number of benzene rings is 1. The molecule has 1 aromatic carbocycles. The molecule has 0 unspecified atom stereocenters. The van der Waals surface area contributed by atoms with Crippen LogP contribution in [0, 0.1) is 5.82 Å². The van der Waals surface area contributed by atoms with Crippen LogP contribution in [-0.2, 0) is 10.0 Å². The number of sulfonamides is 1. The van der Waals surface area contributed by atoms with Crippen molar-refractivity contribution in [3.05, 3.63) is 41.4 Å². The quantitative estimate of drug-likeness (QED) is 0.663. The zero-order valence-electron chi connectivity index (χ0n) is 9.34. The van der Waals surface area contributed by atoms with E-state index >= 15 is 0 Å². The van der Waals surface area contributed by atoms with Gasteiger partial charge in [0.2, 0.25) is 5.95 Å². The van der Waals surface area contributed by atoms with Crippen molar-refractivity contribution >= 4 is 33.3 Å². The Labute approximate surface area is 113 Å². The molecule has 0 aliphatic heterocycles. The van der Waals surface area contributed by atoms with Crippen molar-refractivity contribution in [3.8, 4) is 0 Å². The van der Waals surface area contributed by atoms with Gasteiger partial charge in [-0.3, -0.25) is 0 Å². The van der Waals surface area contributed by atoms with E-state index in [9.17, 15) is 12.8 Å². The van der Waals surface area contributed by atoms with Crippen LogP contribution < -0.4 is 10.5 Å². The Kier molecular flexibility index (Phi) is 3.54. The average molecular weight is 303 g/mol. The first kappa shape index (κ1) is 13.5. The van der Waals surface area contributed by atoms with Crippen molar-refractivity contribution in [3.63, 3.8) is 0 Å². The summed E-state index contributed by atoms with van der Waals surface area (Å²) < 4.78 is 39.4. The highest BCUT2D eigenvalue weighted by molar-refractivity contribution is 7.92. The summed E-state index contributed by atoms with van der Waals surface area (Å²) in [6.07, 6.45) is 1.27. The molecule has 0 radical (unpaired) electrons. The van der Waals surface area contributed by atoms with Crippen molar-refractivity contribution in [2.24, 2.45) is 0 Å². The molecule has 0 aliphatic carbocycles. The molecule has 0 saturated heterocycles. The lowest BCUT2D eigenvalue weighted by Crippen LogP contribution is -2.16. The zero-order valence-corrected chi connectivity index (χ0v) is 10.9. The molecule has 19 heavy (non-hydrogen) atoms. The summed E-state index contributed by atoms with van der Waals surface area (Å²) in [6.45, 7) is 0. The summed E-state index contributed by atoms with van der Waals surface area (Å²) in [7, 11) is -4.17. The van der Waals surface area contributed by atoms with Gasteiger partial charge >= 0.3 is 0 Å². The number of rotatable bonds is 3. The highest BCUT2D eigenvalue weighted by Crippen LogP contribution is 2.20. The lowest BCUT2D eigenvalue weighted by Gasteiger charge is -2.08. The molecule has 1 heterocycles. The normalized spacial score (nSPS) is 11.3. The average Bonchev–Trinajstić information content (AvgIpc) is 2.31. The van der Waals surface area contributed by atoms with Gasteiger partial charge in [-0.1, -0.05) is 11.6 Å². The molecule has 9 heteroatoms. The van der Waals surface area contributed by atoms with E-state index in [1.165, 1.54) is 18.3 Å². The molecule has 6 nitrogen and oxygen atoms in total. The fourth-order valence-corrected chi connectivity index (χ4v) is 2.49. The Hall–Kier alpha value is -1.93. The highest BCUT2D eigenvalue weighted by atomic mass is 35.5. The molecule has 2 aromatic rings. The molecule has 100 valence electrons. The van der Waals surface area contributed by atoms with E-state index in [1.54, 1.807) is 0 Å². The van der Waals surface area contributed by atoms with Crippen LogP contribution in [0.1, 0.15) is 0 Å². The number of nitrogen functional groups attached to an aromatic ring is 1. The minimum atomic E-state index is -4.17. The Balaban J connectivity index is 2.40. The summed E-state index contributed by atoms with van der Waals surface area (Å²) in [5.41, 5.74) is 5.55. The minimum absolute atomic E-state index is 0.0562. The third kappa shape index (κ3) is 3.09. The summed E-state index contributed by atoms with van der Waals surface area (Å²) in [4.78, 5) is 6.72. The first-order valence-corrected chi connectivity index (χ1v) is 6.81. The fraction of sp³-hybridized carbons (Fsp3) is 0. The van der Waals surface area contributed by atoms with Gasteiger partial charge in [-0.2, -0.15) is 0 Å². The number of halogens is 2. The molecule has 0 spiro atoms. The second-order valence-corrected chi connectivity index (χ2v) is 5.54. The van der Waals surface area contributed by atoms with Crippen molar-refractivity contribution < 1.29 is 12.8 Å². The van der Waals surface area contributed by atoms with Gasteiger partial charge in [-0.15, -0.1) is 0 Å². The third-order valence-corrected chi connectivity index (χ3v) is 3.65. The molecule has 0 atom stereocenters. The highest BCUT2D eigenvalue weighted by Gasteiger charge is 2.20. The van der Waals surface area contributed by atoms with E-state index < -0.39 is 20.7 Å². The summed E-state index contributed by atoms with van der Waals surface area (Å²) >= 11 is 5.60. The van der Waals surface area contributed by atoms with Crippen LogP contribution in [0.3, 0.4) is 0 Å². The first-order chi connectivity index (χ1) is 8.88. The van der Waals surface area contributed by atoms with Crippen molar-refractivity contribution in [2.45, 2.75) is 4.90 Å². The lowest BCUT2D eigenvalue weighted by molar-refractivity contribution is 0.570. The van der Waals surface area contributed by atoms with Crippen molar-refractivity contribution in [1.29, 1.82) is 0 Å². The van der Waals surface area contributed by atoms with Gasteiger partial charge in [0.05, 0.1) is 0 Å². The molecule has 0 bridgehead atoms. The predicted octanol–water partition coefficient (Wildman–Crippen LogP) is 1.65. The van der Waals surface area contributed by atoms with Crippen molar-refractivity contribution in [2.75, 3.05) is 10.5 Å². The summed E-state index contributed by atoms with van der Waals surface area (Å²) in [6, 6.07) is 4.59. The standard InChI is InChI=1S/C10H8ClFN4O2S/c11-9-3-4-14-10(15-9)16-19(17,18)8-5-6(13)1-2-7(8)12/h1-5H,13H2,(H,14,15,16). The molecule has 2 rings (SSSR count). The van der Waals surface area contributed by atoms with Crippen LogP contribution in [0.25, 0.3) is 0 Å². The Morgan fingerprint density at radius 1 is 1.32 bits per heavy atom. The van der Waals surface area contributed by atoms with Crippen LogP contribution in [0.2, 0.25) is 5.15 Å². The van der Waals surface area contributed by atoms with E-state index in [-0.39, 0.29) is 16.8 Å². The van der Waals surface area contributed by atoms with Crippen LogP contribution in [0.15, 0.2) is 35.4 Å². The summed E-state index contributed by atoms with van der Waals surface area (Å²) in [5, 5.41) is 0.0562. The second kappa shape index (κ2) is 4.98. The number of nitrogens with zero attached hydrogens (tertiary/aromatic N) is 2. The molecule has 1 aromatic heterocycles. The Morgan fingerprint density at radius 2 is 2.05 bits per heavy atom. The number of nitrogens with one attached hydrogen (secondary N) is 1. The van der Waals surface area contributed by atoms with Gasteiger partial charge in [-0.05, 0) is 24.3 Å². The number of hydrogen-bond donors (Lipinski definition) is 2. The number of nitrogens with two attached hydrogens (primary N) is 1. The maximum absolute atomic E-state index is 13.5. The number of aromatic nitrogens is 2. The summed E-state index contributed by atoms with van der Waals surface area (Å²) in [5.74, 6) is -1.18. The number of anilines is 2. The lowest BCUT2D eigenvalue weighted by atomic mass is 10.3. The zero-order chi connectivity index (χ0) is 14.0. The van der Waals surface area contributed by atoms with Gasteiger partial charge in [0.15, 0.2) is 0 Å². The topological polar surface area (TPSA) is 98.0 Å². The molecular weight excluding hydrogens is 295 g/mol. The monoisotopic (exact) mass is 302 g/mol. The smallest absolute Gasteiger partial charge is 0.267 e. The van der Waals surface area contributed by atoms with Gasteiger partial charge in [0.1, 0.15) is 15.9 Å². The van der Waals surface area contributed by atoms with Gasteiger partial charge in [0, 0.05) is 11.9 Å². The molecule has 0 aliphatic rings. The van der Waals surface area contributed by atoms with Crippen LogP contribution in [-0.4, -0.2) is 18.4 Å². The van der Waals surface area contributed by atoms with Crippen LogP contribution >= 0.6 is 11.6 Å². The SMILES string of the molecule is Nc1ccc(F)c(S(=O)(=O)Nc2nccc(Cl)n2)c1. The van der Waals surface area contributed by atoms with E-state index in [2.05, 4.69) is 9.97 Å². The molecule has 0 fully saturated rings. The molecule has 0 amide bonds. The Morgan fingerprint density at radius 3 is 2.74 bits per heavy atom. The Bertz CT molecular complexity index is 723. The van der Waals surface area contributed by atoms with Gasteiger partial charge < -0.3 is 5.73 Å². The first-order valence-electron chi connectivity index (χ1n) is 4.95. The van der Waals surface area contributed by atoms with Gasteiger partial charge in [0.25, 0.3) is 10.0 Å². The van der Waals surface area contributed by atoms with Crippen LogP contribution in [0.4, 0.5) is 16.0 Å². The maximum atomic E-state index is 13.5. The second-order valence-electron chi connectivity index (χ2n) is 3.50. The molecule has 0 saturated carbocycles. The largest absolute Gasteiger partial charge is 0.399 e. The van der Waals surface area contributed by atoms with E-state index in [0.717, 1.165) is 12.1 Å². The van der Waals surface area contributed by atoms with E-state index in [4.69, 9.17) is 17.3 Å².